The predicted molar refractivity (Wildman–Crippen MR) is 141 cm³/mol. The highest BCUT2D eigenvalue weighted by atomic mass is 19.1. The number of amides is 1. The van der Waals surface area contributed by atoms with Crippen LogP contribution in [0, 0.1) is 17.7 Å². The number of halogens is 1. The number of benzene rings is 1. The first-order valence-corrected chi connectivity index (χ1v) is 13.8. The fourth-order valence-corrected chi connectivity index (χ4v) is 5.86. The number of hydrogen-bond donors (Lipinski definition) is 2. The Hall–Kier alpha value is -2.19. The number of fused-ring (bicyclic) bond motifs is 1. The summed E-state index contributed by atoms with van der Waals surface area (Å²) in [4.78, 5) is 14.7. The monoisotopic (exact) mass is 502 g/mol. The zero-order valence-electron chi connectivity index (χ0n) is 22.2. The van der Waals surface area contributed by atoms with E-state index in [9.17, 15) is 9.18 Å². The lowest BCUT2D eigenvalue weighted by atomic mass is 9.83. The molecule has 4 rings (SSSR count). The molecule has 1 saturated heterocycles. The second kappa shape index (κ2) is 12.4. The van der Waals surface area contributed by atoms with Crippen LogP contribution in [0.5, 0.6) is 0 Å². The van der Waals surface area contributed by atoms with E-state index in [-0.39, 0.29) is 17.3 Å². The van der Waals surface area contributed by atoms with Crippen molar-refractivity contribution in [3.63, 3.8) is 0 Å². The first-order valence-electron chi connectivity index (χ1n) is 13.8. The molecule has 36 heavy (non-hydrogen) atoms. The van der Waals surface area contributed by atoms with Gasteiger partial charge in [0.2, 0.25) is 5.91 Å². The van der Waals surface area contributed by atoms with Gasteiger partial charge in [-0.1, -0.05) is 5.16 Å². The maximum Gasteiger partial charge on any atom is 0.220 e. The van der Waals surface area contributed by atoms with Gasteiger partial charge in [-0.2, -0.15) is 0 Å². The average Bonchev–Trinajstić information content (AvgIpc) is 3.24. The molecule has 200 valence electrons. The summed E-state index contributed by atoms with van der Waals surface area (Å²) in [5.41, 5.74) is 0.505. The number of anilines is 1. The second-order valence-corrected chi connectivity index (χ2v) is 11.2. The molecule has 1 amide bonds. The molecule has 1 unspecified atom stereocenters. The van der Waals surface area contributed by atoms with Gasteiger partial charge in [0.1, 0.15) is 5.82 Å². The SMILES string of the molecule is CCN(CCNCCC1CCC(NC(=O)CC2CCOC(C)(C)C2)CC1)c1noc2ccc(F)cc12. The Balaban J connectivity index is 1.10. The van der Waals surface area contributed by atoms with E-state index in [1.807, 2.05) is 0 Å². The first-order chi connectivity index (χ1) is 17.3. The van der Waals surface area contributed by atoms with Crippen LogP contribution in [0.1, 0.15) is 72.1 Å². The van der Waals surface area contributed by atoms with Crippen molar-refractivity contribution in [2.24, 2.45) is 11.8 Å². The van der Waals surface area contributed by atoms with Crippen LogP contribution in [0.25, 0.3) is 11.0 Å². The largest absolute Gasteiger partial charge is 0.376 e. The van der Waals surface area contributed by atoms with E-state index < -0.39 is 0 Å². The minimum Gasteiger partial charge on any atom is -0.376 e. The maximum absolute atomic E-state index is 13.7. The Bertz CT molecular complexity index is 986. The lowest BCUT2D eigenvalue weighted by molar-refractivity contribution is -0.125. The molecule has 1 atom stereocenters. The van der Waals surface area contributed by atoms with Crippen molar-refractivity contribution < 1.29 is 18.4 Å². The van der Waals surface area contributed by atoms with Crippen LogP contribution >= 0.6 is 0 Å². The van der Waals surface area contributed by atoms with Crippen LogP contribution in [0.15, 0.2) is 22.7 Å². The van der Waals surface area contributed by atoms with Crippen molar-refractivity contribution in [3.8, 4) is 0 Å². The second-order valence-electron chi connectivity index (χ2n) is 11.2. The van der Waals surface area contributed by atoms with E-state index in [4.69, 9.17) is 9.26 Å². The minimum absolute atomic E-state index is 0.103. The highest BCUT2D eigenvalue weighted by Crippen LogP contribution is 2.31. The van der Waals surface area contributed by atoms with Gasteiger partial charge in [-0.25, -0.2) is 4.39 Å². The molecule has 2 fully saturated rings. The standard InChI is InChI=1S/C28H43FN4O3/c1-4-33(27-24-18-22(29)7-10-25(24)36-32-27)15-14-30-13-11-20-5-8-23(9-6-20)31-26(34)17-21-12-16-35-28(2,3)19-21/h7,10,18,20-21,23,30H,4-6,8-9,11-17,19H2,1-3H3,(H,31,34). The summed E-state index contributed by atoms with van der Waals surface area (Å²) in [5.74, 6) is 1.79. The molecular formula is C28H43FN4O3. The highest BCUT2D eigenvalue weighted by molar-refractivity contribution is 5.88. The Kier molecular flexibility index (Phi) is 9.23. The number of ether oxygens (including phenoxy) is 1. The van der Waals surface area contributed by atoms with Crippen molar-refractivity contribution in [2.45, 2.75) is 83.8 Å². The molecule has 2 aliphatic rings. The van der Waals surface area contributed by atoms with Gasteiger partial charge in [-0.15, -0.1) is 0 Å². The summed E-state index contributed by atoms with van der Waals surface area (Å²) in [6.07, 6.45) is 8.24. The summed E-state index contributed by atoms with van der Waals surface area (Å²) in [6.45, 7) is 10.5. The van der Waals surface area contributed by atoms with Gasteiger partial charge in [0.05, 0.1) is 11.0 Å². The molecule has 1 aromatic heterocycles. The van der Waals surface area contributed by atoms with Crippen molar-refractivity contribution in [3.05, 3.63) is 24.0 Å². The zero-order chi connectivity index (χ0) is 25.5. The van der Waals surface area contributed by atoms with Crippen LogP contribution < -0.4 is 15.5 Å². The summed E-state index contributed by atoms with van der Waals surface area (Å²) in [5, 5.41) is 11.7. The Morgan fingerprint density at radius 2 is 1.97 bits per heavy atom. The van der Waals surface area contributed by atoms with Crippen LogP contribution in [-0.4, -0.2) is 55.5 Å². The molecule has 1 saturated carbocycles. The summed E-state index contributed by atoms with van der Waals surface area (Å²) in [6, 6.07) is 4.83. The number of hydrogen-bond acceptors (Lipinski definition) is 6. The van der Waals surface area contributed by atoms with Gasteiger partial charge in [0, 0.05) is 38.7 Å². The zero-order valence-corrected chi connectivity index (χ0v) is 22.2. The van der Waals surface area contributed by atoms with Crippen molar-refractivity contribution >= 4 is 22.7 Å². The molecule has 2 N–H and O–H groups in total. The van der Waals surface area contributed by atoms with Crippen molar-refractivity contribution in [1.82, 2.24) is 15.8 Å². The summed E-state index contributed by atoms with van der Waals surface area (Å²) in [7, 11) is 0. The molecule has 2 heterocycles. The van der Waals surface area contributed by atoms with Gasteiger partial charge in [0.15, 0.2) is 11.4 Å². The normalized spacial score (nSPS) is 24.1. The maximum atomic E-state index is 13.7. The molecule has 1 aliphatic carbocycles. The smallest absolute Gasteiger partial charge is 0.220 e. The highest BCUT2D eigenvalue weighted by Gasteiger charge is 2.31. The average molecular weight is 503 g/mol. The van der Waals surface area contributed by atoms with E-state index >= 15 is 0 Å². The third-order valence-electron chi connectivity index (χ3n) is 7.87. The van der Waals surface area contributed by atoms with E-state index in [0.29, 0.717) is 35.7 Å². The fourth-order valence-electron chi connectivity index (χ4n) is 5.86. The molecular weight excluding hydrogens is 459 g/mol. The van der Waals surface area contributed by atoms with E-state index in [1.54, 1.807) is 6.07 Å². The minimum atomic E-state index is -0.279. The lowest BCUT2D eigenvalue weighted by Gasteiger charge is -2.35. The van der Waals surface area contributed by atoms with E-state index in [2.05, 4.69) is 41.5 Å². The number of carbonyl (C=O) groups is 1. The van der Waals surface area contributed by atoms with Crippen LogP contribution in [0.4, 0.5) is 10.2 Å². The molecule has 1 aromatic carbocycles. The number of nitrogens with zero attached hydrogens (tertiary/aromatic N) is 2. The fraction of sp³-hybridized carbons (Fsp3) is 0.714. The topological polar surface area (TPSA) is 79.6 Å². The van der Waals surface area contributed by atoms with Crippen molar-refractivity contribution in [1.29, 1.82) is 0 Å². The van der Waals surface area contributed by atoms with E-state index in [0.717, 1.165) is 70.3 Å². The third kappa shape index (κ3) is 7.42. The van der Waals surface area contributed by atoms with Crippen LogP contribution in [0.3, 0.4) is 0 Å². The number of likely N-dealkylation sites (N-methyl/N-ethyl adjacent to an activating group) is 1. The molecule has 8 heteroatoms. The van der Waals surface area contributed by atoms with E-state index in [1.165, 1.54) is 25.0 Å². The lowest BCUT2D eigenvalue weighted by Crippen LogP contribution is -2.41. The van der Waals surface area contributed by atoms with Gasteiger partial charge >= 0.3 is 0 Å². The molecule has 1 aliphatic heterocycles. The number of rotatable bonds is 11. The van der Waals surface area contributed by atoms with Crippen molar-refractivity contribution in [2.75, 3.05) is 37.7 Å². The molecule has 0 spiro atoms. The molecule has 7 nitrogen and oxygen atoms in total. The summed E-state index contributed by atoms with van der Waals surface area (Å²) < 4.78 is 24.8. The molecule has 0 radical (unpaired) electrons. The molecule has 0 bridgehead atoms. The Morgan fingerprint density at radius 3 is 2.72 bits per heavy atom. The summed E-state index contributed by atoms with van der Waals surface area (Å²) >= 11 is 0. The van der Waals surface area contributed by atoms with Gasteiger partial charge in [-0.3, -0.25) is 4.79 Å². The van der Waals surface area contributed by atoms with Crippen LogP contribution in [-0.2, 0) is 9.53 Å². The number of aromatic nitrogens is 1. The number of carbonyl (C=O) groups excluding carboxylic acids is 1. The first kappa shape index (κ1) is 26.9. The Labute approximate surface area is 214 Å². The molecule has 2 aromatic rings. The quantitative estimate of drug-likeness (QED) is 0.419. The third-order valence-corrected chi connectivity index (χ3v) is 7.87. The van der Waals surface area contributed by atoms with Crippen LogP contribution in [0.2, 0.25) is 0 Å². The number of nitrogens with one attached hydrogen (secondary N) is 2. The van der Waals surface area contributed by atoms with Gasteiger partial charge in [-0.05, 0) is 102 Å². The van der Waals surface area contributed by atoms with Gasteiger partial charge < -0.3 is 24.8 Å². The van der Waals surface area contributed by atoms with Gasteiger partial charge in [0.25, 0.3) is 0 Å². The Morgan fingerprint density at radius 1 is 1.17 bits per heavy atom. The predicted octanol–water partition coefficient (Wildman–Crippen LogP) is 5.04.